The number of nitrogens with one attached hydrogen (secondary N) is 1. The maximum absolute atomic E-state index is 13.3. The molecule has 0 amide bonds. The van der Waals surface area contributed by atoms with Gasteiger partial charge in [-0.3, -0.25) is 9.89 Å². The molecule has 8 heteroatoms. The van der Waals surface area contributed by atoms with Gasteiger partial charge in [-0.25, -0.2) is 9.50 Å². The van der Waals surface area contributed by atoms with Gasteiger partial charge in [0.25, 0.3) is 5.56 Å². The third-order valence-corrected chi connectivity index (χ3v) is 5.46. The van der Waals surface area contributed by atoms with Crippen molar-refractivity contribution in [2.75, 3.05) is 7.11 Å². The molecule has 5 rings (SSSR count). The number of nitrogens with zero attached hydrogens (tertiary/aromatic N) is 4. The van der Waals surface area contributed by atoms with E-state index in [4.69, 9.17) is 14.1 Å². The van der Waals surface area contributed by atoms with Crippen molar-refractivity contribution in [1.82, 2.24) is 24.8 Å². The zero-order chi connectivity index (χ0) is 22.2. The highest BCUT2D eigenvalue weighted by Gasteiger charge is 2.19. The molecule has 1 N–H and O–H groups in total. The van der Waals surface area contributed by atoms with E-state index in [2.05, 4.69) is 15.3 Å². The maximum Gasteiger partial charge on any atom is 0.276 e. The second kappa shape index (κ2) is 7.81. The molecule has 2 aromatic carbocycles. The van der Waals surface area contributed by atoms with Gasteiger partial charge < -0.3 is 9.15 Å². The lowest BCUT2D eigenvalue weighted by Crippen LogP contribution is -2.22. The van der Waals surface area contributed by atoms with Gasteiger partial charge in [0.15, 0.2) is 5.65 Å². The Morgan fingerprint density at radius 3 is 2.47 bits per heavy atom. The second-order valence-corrected chi connectivity index (χ2v) is 7.52. The zero-order valence-electron chi connectivity index (χ0n) is 17.9. The average molecular weight is 427 g/mol. The summed E-state index contributed by atoms with van der Waals surface area (Å²) in [6.45, 7) is 3.76. The lowest BCUT2D eigenvalue weighted by Gasteiger charge is -2.05. The van der Waals surface area contributed by atoms with Crippen LogP contribution in [0.1, 0.15) is 22.8 Å². The summed E-state index contributed by atoms with van der Waals surface area (Å²) < 4.78 is 12.5. The first-order valence-electron chi connectivity index (χ1n) is 10.2. The fraction of sp³-hybridized carbons (Fsp3) is 0.167. The molecule has 0 fully saturated rings. The van der Waals surface area contributed by atoms with Crippen LogP contribution in [-0.2, 0) is 6.42 Å². The quantitative estimate of drug-likeness (QED) is 0.456. The minimum Gasteiger partial charge on any atom is -0.497 e. The first-order chi connectivity index (χ1) is 15.5. The molecule has 0 aliphatic heterocycles. The van der Waals surface area contributed by atoms with Crippen LogP contribution in [0.4, 0.5) is 0 Å². The number of hydrogen-bond acceptors (Lipinski definition) is 6. The second-order valence-electron chi connectivity index (χ2n) is 7.52. The van der Waals surface area contributed by atoms with E-state index >= 15 is 0 Å². The Bertz CT molecular complexity index is 1460. The number of aryl methyl sites for hydroxylation is 2. The lowest BCUT2D eigenvalue weighted by molar-refractivity contribution is 0.415. The number of methoxy groups -OCH3 is 1. The highest BCUT2D eigenvalue weighted by Crippen LogP contribution is 2.27. The number of benzene rings is 2. The lowest BCUT2D eigenvalue weighted by atomic mass is 10.1. The summed E-state index contributed by atoms with van der Waals surface area (Å²) in [5.74, 6) is 1.48. The van der Waals surface area contributed by atoms with Crippen LogP contribution in [-0.4, -0.2) is 31.9 Å². The smallest absolute Gasteiger partial charge is 0.276 e. The van der Waals surface area contributed by atoms with Crippen molar-refractivity contribution in [3.63, 3.8) is 0 Å². The van der Waals surface area contributed by atoms with Gasteiger partial charge in [0.05, 0.1) is 13.5 Å². The van der Waals surface area contributed by atoms with Gasteiger partial charge >= 0.3 is 0 Å². The molecule has 8 nitrogen and oxygen atoms in total. The highest BCUT2D eigenvalue weighted by atomic mass is 16.5. The monoisotopic (exact) mass is 427 g/mol. The molecule has 0 atom stereocenters. The summed E-state index contributed by atoms with van der Waals surface area (Å²) in [6.07, 6.45) is 0.197. The van der Waals surface area contributed by atoms with Crippen LogP contribution >= 0.6 is 0 Å². The molecule has 3 aromatic heterocycles. The Labute approximate surface area is 183 Å². The van der Waals surface area contributed by atoms with E-state index in [0.29, 0.717) is 28.7 Å². The van der Waals surface area contributed by atoms with Crippen molar-refractivity contribution in [2.45, 2.75) is 20.3 Å². The molecule has 3 heterocycles. The SMILES string of the molecule is COc1ccc(-c2nnc(Cc3c(C)nc4c(-c5ccccc5)c(C)[nH]n4c3=O)o2)cc1. The average Bonchev–Trinajstić information content (AvgIpc) is 3.41. The first-order valence-corrected chi connectivity index (χ1v) is 10.2. The van der Waals surface area contributed by atoms with Gasteiger partial charge in [-0.2, -0.15) is 0 Å². The highest BCUT2D eigenvalue weighted by molar-refractivity contribution is 5.79. The predicted molar refractivity (Wildman–Crippen MR) is 120 cm³/mol. The van der Waals surface area contributed by atoms with Crippen LogP contribution in [0.15, 0.2) is 63.8 Å². The van der Waals surface area contributed by atoms with Crippen molar-refractivity contribution in [3.8, 4) is 28.3 Å². The molecule has 0 radical (unpaired) electrons. The maximum atomic E-state index is 13.3. The minimum absolute atomic E-state index is 0.179. The molecule has 0 aliphatic rings. The number of aromatic nitrogens is 5. The summed E-state index contributed by atoms with van der Waals surface area (Å²) in [5.41, 5.74) is 5.13. The van der Waals surface area contributed by atoms with Crippen molar-refractivity contribution in [1.29, 1.82) is 0 Å². The minimum atomic E-state index is -0.179. The fourth-order valence-corrected chi connectivity index (χ4v) is 3.81. The third-order valence-electron chi connectivity index (χ3n) is 5.46. The van der Waals surface area contributed by atoms with Crippen LogP contribution in [0.25, 0.3) is 28.2 Å². The standard InChI is InChI=1S/C24H21N5O3/c1-14-19(13-20-26-27-23(32-20)17-9-11-18(31-3)12-10-17)24(30)29-22(25-14)21(15(2)28-29)16-7-5-4-6-8-16/h4-12,28H,13H2,1-3H3. The Kier molecular flexibility index (Phi) is 4.82. The summed E-state index contributed by atoms with van der Waals surface area (Å²) in [6, 6.07) is 17.2. The molecule has 0 aliphatic carbocycles. The van der Waals surface area contributed by atoms with Crippen molar-refractivity contribution >= 4 is 5.65 Å². The topological polar surface area (TPSA) is 98.3 Å². The number of hydrogen-bond donors (Lipinski definition) is 1. The molecule has 0 saturated carbocycles. The summed E-state index contributed by atoms with van der Waals surface area (Å²) in [5, 5.41) is 11.4. The predicted octanol–water partition coefficient (Wildman–Crippen LogP) is 3.96. The molecule has 0 saturated heterocycles. The molecule has 0 unspecified atom stereocenters. The Morgan fingerprint density at radius 1 is 1.00 bits per heavy atom. The fourth-order valence-electron chi connectivity index (χ4n) is 3.81. The normalized spacial score (nSPS) is 11.2. The third kappa shape index (κ3) is 3.35. The summed E-state index contributed by atoms with van der Waals surface area (Å²) in [7, 11) is 1.61. The van der Waals surface area contributed by atoms with Crippen LogP contribution in [0.5, 0.6) is 5.75 Å². The van der Waals surface area contributed by atoms with E-state index in [1.807, 2.05) is 68.4 Å². The van der Waals surface area contributed by atoms with Crippen molar-refractivity contribution in [2.24, 2.45) is 0 Å². The Balaban J connectivity index is 1.52. The van der Waals surface area contributed by atoms with Gasteiger partial charge in [0.1, 0.15) is 5.75 Å². The van der Waals surface area contributed by atoms with Gasteiger partial charge in [-0.05, 0) is 43.7 Å². The molecular formula is C24H21N5O3. The van der Waals surface area contributed by atoms with Crippen LogP contribution < -0.4 is 10.3 Å². The van der Waals surface area contributed by atoms with Crippen LogP contribution in [0.3, 0.4) is 0 Å². The van der Waals surface area contributed by atoms with Crippen LogP contribution in [0.2, 0.25) is 0 Å². The number of ether oxygens (including phenoxy) is 1. The van der Waals surface area contributed by atoms with Gasteiger partial charge in [0, 0.05) is 28.1 Å². The van der Waals surface area contributed by atoms with Crippen molar-refractivity contribution in [3.05, 3.63) is 87.8 Å². The van der Waals surface area contributed by atoms with Crippen molar-refractivity contribution < 1.29 is 9.15 Å². The molecule has 0 spiro atoms. The van der Waals surface area contributed by atoms with E-state index in [0.717, 1.165) is 28.1 Å². The van der Waals surface area contributed by atoms with E-state index in [-0.39, 0.29) is 12.0 Å². The zero-order valence-corrected chi connectivity index (χ0v) is 17.9. The summed E-state index contributed by atoms with van der Waals surface area (Å²) >= 11 is 0. The number of rotatable bonds is 5. The van der Waals surface area contributed by atoms with E-state index in [1.54, 1.807) is 7.11 Å². The van der Waals surface area contributed by atoms with E-state index in [9.17, 15) is 4.79 Å². The Morgan fingerprint density at radius 2 is 1.75 bits per heavy atom. The first kappa shape index (κ1) is 19.7. The number of H-pyrrole nitrogens is 1. The molecular weight excluding hydrogens is 406 g/mol. The molecule has 32 heavy (non-hydrogen) atoms. The molecule has 5 aromatic rings. The molecule has 0 bridgehead atoms. The molecule has 160 valence electrons. The van der Waals surface area contributed by atoms with Gasteiger partial charge in [-0.15, -0.1) is 10.2 Å². The number of aromatic amines is 1. The number of fused-ring (bicyclic) bond motifs is 1. The van der Waals surface area contributed by atoms with E-state index < -0.39 is 0 Å². The van der Waals surface area contributed by atoms with Gasteiger partial charge in [0.2, 0.25) is 11.8 Å². The largest absolute Gasteiger partial charge is 0.497 e. The van der Waals surface area contributed by atoms with Crippen LogP contribution in [0, 0.1) is 13.8 Å². The van der Waals surface area contributed by atoms with Gasteiger partial charge in [-0.1, -0.05) is 30.3 Å². The van der Waals surface area contributed by atoms with E-state index in [1.165, 1.54) is 4.52 Å². The Hall–Kier alpha value is -4.20. The summed E-state index contributed by atoms with van der Waals surface area (Å²) in [4.78, 5) is 18.0.